The third-order valence-corrected chi connectivity index (χ3v) is 5.61. The maximum Gasteiger partial charge on any atom is 0.278 e. The highest BCUT2D eigenvalue weighted by atomic mass is 16.5. The van der Waals surface area contributed by atoms with Gasteiger partial charge in [-0.05, 0) is 30.2 Å². The summed E-state index contributed by atoms with van der Waals surface area (Å²) >= 11 is 0. The fraction of sp³-hybridized carbons (Fsp3) is 0.174. The van der Waals surface area contributed by atoms with E-state index in [0.29, 0.717) is 30.6 Å². The maximum atomic E-state index is 5.43. The first kappa shape index (κ1) is 18.6. The molecule has 1 aliphatic heterocycles. The van der Waals surface area contributed by atoms with Gasteiger partial charge in [0.1, 0.15) is 12.9 Å². The second kappa shape index (κ2) is 7.24. The van der Waals surface area contributed by atoms with Gasteiger partial charge in [0.15, 0.2) is 23.2 Å². The molecular weight excluding hydrogens is 406 g/mol. The van der Waals surface area contributed by atoms with Crippen LogP contribution in [0.4, 0.5) is 0 Å². The maximum absolute atomic E-state index is 5.43. The van der Waals surface area contributed by atoms with E-state index < -0.39 is 0 Å². The minimum atomic E-state index is 0.351. The number of aryl methyl sites for hydroxylation is 1. The van der Waals surface area contributed by atoms with E-state index in [1.54, 1.807) is 20.4 Å². The van der Waals surface area contributed by atoms with Gasteiger partial charge in [-0.2, -0.15) is 4.98 Å². The molecule has 158 valence electrons. The summed E-state index contributed by atoms with van der Waals surface area (Å²) in [7, 11) is 1.65. The zero-order chi connectivity index (χ0) is 21.7. The van der Waals surface area contributed by atoms with Crippen LogP contribution in [-0.2, 0) is 17.9 Å². The van der Waals surface area contributed by atoms with Crippen molar-refractivity contribution in [2.24, 2.45) is 0 Å². The van der Waals surface area contributed by atoms with Gasteiger partial charge in [0.05, 0.1) is 17.9 Å². The van der Waals surface area contributed by atoms with Crippen molar-refractivity contribution in [1.29, 1.82) is 0 Å². The molecule has 0 saturated heterocycles. The summed E-state index contributed by atoms with van der Waals surface area (Å²) in [4.78, 5) is 9.00. The second-order valence-corrected chi connectivity index (χ2v) is 7.61. The second-order valence-electron chi connectivity index (χ2n) is 7.61. The number of hydrogen-bond acceptors (Lipinski definition) is 7. The molecule has 32 heavy (non-hydrogen) atoms. The highest BCUT2D eigenvalue weighted by Gasteiger charge is 2.28. The zero-order valence-corrected chi connectivity index (χ0v) is 17.6. The minimum absolute atomic E-state index is 0.351. The predicted molar refractivity (Wildman–Crippen MR) is 116 cm³/mol. The third-order valence-electron chi connectivity index (χ3n) is 5.61. The molecule has 0 spiro atoms. The van der Waals surface area contributed by atoms with E-state index in [1.165, 1.54) is 0 Å². The van der Waals surface area contributed by atoms with Crippen molar-refractivity contribution >= 4 is 0 Å². The molecule has 1 aliphatic rings. The lowest BCUT2D eigenvalue weighted by Crippen LogP contribution is -2.09. The summed E-state index contributed by atoms with van der Waals surface area (Å²) in [5.74, 6) is 2.47. The lowest BCUT2D eigenvalue weighted by atomic mass is 10.0. The monoisotopic (exact) mass is 425 g/mol. The summed E-state index contributed by atoms with van der Waals surface area (Å²) in [6.07, 6.45) is 1.79. The number of benzene rings is 2. The minimum Gasteiger partial charge on any atom is -0.377 e. The fourth-order valence-corrected chi connectivity index (χ4v) is 4.13. The Balaban J connectivity index is 1.60. The van der Waals surface area contributed by atoms with Crippen LogP contribution in [0.1, 0.15) is 17.3 Å². The van der Waals surface area contributed by atoms with Gasteiger partial charge in [-0.25, -0.2) is 4.98 Å². The number of ether oxygens (including phenoxy) is 1. The van der Waals surface area contributed by atoms with Crippen molar-refractivity contribution in [3.05, 3.63) is 72.2 Å². The van der Waals surface area contributed by atoms with Crippen LogP contribution in [0.25, 0.3) is 39.8 Å². The Bertz CT molecular complexity index is 1430. The highest BCUT2D eigenvalue weighted by Crippen LogP contribution is 2.37. The van der Waals surface area contributed by atoms with E-state index in [2.05, 4.69) is 64.8 Å². The first-order valence-corrected chi connectivity index (χ1v) is 10.2. The fourth-order valence-electron chi connectivity index (χ4n) is 4.13. The summed E-state index contributed by atoms with van der Waals surface area (Å²) in [5.41, 5.74) is 5.72. The molecule has 0 unspecified atom stereocenters. The SMILES string of the molecule is COCc1nnc2n1Cc1c(-c3nc(C)no3)ncn1-c1ccc(-c3ccccc3)cc1-2. The van der Waals surface area contributed by atoms with Crippen LogP contribution in [0.2, 0.25) is 0 Å². The molecule has 0 amide bonds. The van der Waals surface area contributed by atoms with Crippen LogP contribution in [0.15, 0.2) is 59.4 Å². The number of aromatic nitrogens is 7. The first-order valence-electron chi connectivity index (χ1n) is 10.2. The Morgan fingerprint density at radius 1 is 1.06 bits per heavy atom. The Morgan fingerprint density at radius 3 is 2.72 bits per heavy atom. The van der Waals surface area contributed by atoms with Gasteiger partial charge in [0.2, 0.25) is 0 Å². The molecule has 2 aromatic carbocycles. The van der Waals surface area contributed by atoms with Gasteiger partial charge < -0.3 is 13.8 Å². The van der Waals surface area contributed by atoms with Crippen molar-refractivity contribution in [3.8, 4) is 39.8 Å². The van der Waals surface area contributed by atoms with Gasteiger partial charge >= 0.3 is 0 Å². The van der Waals surface area contributed by atoms with Gasteiger partial charge in [-0.15, -0.1) is 10.2 Å². The summed E-state index contributed by atoms with van der Waals surface area (Å²) in [6.45, 7) is 2.63. The van der Waals surface area contributed by atoms with Gasteiger partial charge in [-0.1, -0.05) is 41.6 Å². The Labute approximate surface area is 183 Å². The lowest BCUT2D eigenvalue weighted by molar-refractivity contribution is 0.174. The molecule has 0 saturated carbocycles. The molecule has 0 aliphatic carbocycles. The number of rotatable bonds is 4. The van der Waals surface area contributed by atoms with E-state index in [-0.39, 0.29) is 0 Å². The van der Waals surface area contributed by atoms with Crippen molar-refractivity contribution in [2.45, 2.75) is 20.1 Å². The summed E-state index contributed by atoms with van der Waals surface area (Å²) in [5, 5.41) is 12.9. The van der Waals surface area contributed by atoms with Gasteiger partial charge in [0, 0.05) is 12.7 Å². The van der Waals surface area contributed by atoms with Crippen molar-refractivity contribution in [2.75, 3.05) is 7.11 Å². The molecule has 6 rings (SSSR count). The molecule has 0 N–H and O–H groups in total. The van der Waals surface area contributed by atoms with E-state index >= 15 is 0 Å². The average Bonchev–Trinajstić information content (AvgIpc) is 3.52. The molecular formula is C23H19N7O2. The van der Waals surface area contributed by atoms with Crippen LogP contribution in [0, 0.1) is 6.92 Å². The zero-order valence-electron chi connectivity index (χ0n) is 17.6. The number of methoxy groups -OCH3 is 1. The Kier molecular flexibility index (Phi) is 4.22. The quantitative estimate of drug-likeness (QED) is 0.425. The largest absolute Gasteiger partial charge is 0.377 e. The van der Waals surface area contributed by atoms with Crippen LogP contribution >= 0.6 is 0 Å². The van der Waals surface area contributed by atoms with Crippen LogP contribution < -0.4 is 0 Å². The molecule has 0 fully saturated rings. The van der Waals surface area contributed by atoms with Crippen molar-refractivity contribution < 1.29 is 9.26 Å². The van der Waals surface area contributed by atoms with Crippen molar-refractivity contribution in [3.63, 3.8) is 0 Å². The molecule has 0 atom stereocenters. The topological polar surface area (TPSA) is 96.7 Å². The molecule has 9 nitrogen and oxygen atoms in total. The van der Waals surface area contributed by atoms with Crippen LogP contribution in [-0.4, -0.2) is 41.6 Å². The Hall–Kier alpha value is -4.11. The molecule has 0 radical (unpaired) electrons. The van der Waals surface area contributed by atoms with E-state index in [1.807, 2.05) is 18.2 Å². The first-order chi connectivity index (χ1) is 15.7. The van der Waals surface area contributed by atoms with Crippen molar-refractivity contribution in [1.82, 2.24) is 34.5 Å². The van der Waals surface area contributed by atoms with Crippen LogP contribution in [0.3, 0.4) is 0 Å². The third kappa shape index (κ3) is 2.86. The van der Waals surface area contributed by atoms with E-state index in [4.69, 9.17) is 9.26 Å². The number of imidazole rings is 1. The standard InChI is InChI=1S/C23H19N7O2/c1-14-25-23(32-28-14)21-19-11-29-20(12-31-2)26-27-22(29)17-10-16(15-6-4-3-5-7-15)8-9-18(17)30(19)13-24-21/h3-10,13H,11-12H2,1-2H3. The smallest absolute Gasteiger partial charge is 0.278 e. The molecule has 4 heterocycles. The van der Waals surface area contributed by atoms with E-state index in [0.717, 1.165) is 39.7 Å². The molecule has 3 aromatic heterocycles. The van der Waals surface area contributed by atoms with Crippen LogP contribution in [0.5, 0.6) is 0 Å². The summed E-state index contributed by atoms with van der Waals surface area (Å²) in [6, 6.07) is 16.6. The molecule has 9 heteroatoms. The molecule has 5 aromatic rings. The van der Waals surface area contributed by atoms with E-state index in [9.17, 15) is 0 Å². The van der Waals surface area contributed by atoms with Gasteiger partial charge in [-0.3, -0.25) is 4.57 Å². The van der Waals surface area contributed by atoms with Gasteiger partial charge in [0.25, 0.3) is 5.89 Å². The highest BCUT2D eigenvalue weighted by molar-refractivity contribution is 5.78. The normalized spacial score (nSPS) is 12.2. The summed E-state index contributed by atoms with van der Waals surface area (Å²) < 4.78 is 14.9. The average molecular weight is 425 g/mol. The Morgan fingerprint density at radius 2 is 1.94 bits per heavy atom. The number of fused-ring (bicyclic) bond motifs is 5. The predicted octanol–water partition coefficient (Wildman–Crippen LogP) is 3.66. The molecule has 0 bridgehead atoms. The lowest BCUT2D eigenvalue weighted by Gasteiger charge is -2.11. The number of nitrogens with zero attached hydrogens (tertiary/aromatic N) is 7. The number of hydrogen-bond donors (Lipinski definition) is 0.